The number of aryl methyl sites for hydroxylation is 1. The third kappa shape index (κ3) is 3.66. The van der Waals surface area contributed by atoms with E-state index in [4.69, 9.17) is 0 Å². The second-order valence-electron chi connectivity index (χ2n) is 6.57. The summed E-state index contributed by atoms with van der Waals surface area (Å²) in [6, 6.07) is 3.92. The average molecular weight is 370 g/mol. The number of piperazine rings is 1. The summed E-state index contributed by atoms with van der Waals surface area (Å²) in [7, 11) is 1.87. The monoisotopic (exact) mass is 370 g/mol. The molecule has 6 nitrogen and oxygen atoms in total. The maximum atomic E-state index is 13.2. The molecule has 3 aromatic rings. The molecule has 0 atom stereocenters. The molecule has 1 aliphatic rings. The molecule has 8 heteroatoms. The summed E-state index contributed by atoms with van der Waals surface area (Å²) in [5.74, 6) is -0.724. The number of halogens is 2. The molecule has 0 amide bonds. The number of hydrogen-bond acceptors (Lipinski definition) is 5. The largest absolute Gasteiger partial charge is 0.353 e. The second kappa shape index (κ2) is 7.40. The highest BCUT2D eigenvalue weighted by atomic mass is 19.2. The van der Waals surface area contributed by atoms with Gasteiger partial charge in [-0.2, -0.15) is 5.10 Å². The van der Waals surface area contributed by atoms with Crippen LogP contribution in [0, 0.1) is 11.6 Å². The van der Waals surface area contributed by atoms with Crippen molar-refractivity contribution in [3.05, 3.63) is 54.0 Å². The maximum absolute atomic E-state index is 13.2. The van der Waals surface area contributed by atoms with Crippen molar-refractivity contribution in [1.82, 2.24) is 24.6 Å². The van der Waals surface area contributed by atoms with Crippen molar-refractivity contribution in [3.8, 4) is 0 Å². The minimum atomic E-state index is -0.823. The van der Waals surface area contributed by atoms with Crippen LogP contribution in [-0.2, 0) is 7.05 Å². The molecule has 1 aliphatic heterocycles. The number of anilines is 1. The fraction of sp³-hybridized carbons (Fsp3) is 0.316. The molecule has 0 aliphatic carbocycles. The maximum Gasteiger partial charge on any atom is 0.163 e. The van der Waals surface area contributed by atoms with Crippen molar-refractivity contribution >= 4 is 22.9 Å². The van der Waals surface area contributed by atoms with E-state index in [0.717, 1.165) is 55.6 Å². The van der Waals surface area contributed by atoms with Crippen molar-refractivity contribution in [2.75, 3.05) is 37.6 Å². The summed E-state index contributed by atoms with van der Waals surface area (Å²) in [5, 5.41) is 5.23. The lowest BCUT2D eigenvalue weighted by atomic mass is 10.2. The Bertz CT molecular complexity index is 975. The Balaban J connectivity index is 1.36. The summed E-state index contributed by atoms with van der Waals surface area (Å²) in [6.07, 6.45) is 7.18. The van der Waals surface area contributed by atoms with E-state index < -0.39 is 11.6 Å². The SMILES string of the molecule is Cn1ncc2c(N3CCN(C/C=C/c4ccc(F)c(F)c4)CC3)ncnc21. The third-order valence-corrected chi connectivity index (χ3v) is 4.80. The van der Waals surface area contributed by atoms with Gasteiger partial charge in [0, 0.05) is 39.8 Å². The average Bonchev–Trinajstić information content (AvgIpc) is 3.07. The smallest absolute Gasteiger partial charge is 0.163 e. The van der Waals surface area contributed by atoms with Gasteiger partial charge in [-0.15, -0.1) is 0 Å². The van der Waals surface area contributed by atoms with E-state index in [1.807, 2.05) is 25.4 Å². The number of aromatic nitrogens is 4. The first-order valence-electron chi connectivity index (χ1n) is 8.83. The predicted molar refractivity (Wildman–Crippen MR) is 100 cm³/mol. The molecule has 4 rings (SSSR count). The van der Waals surface area contributed by atoms with Crippen LogP contribution in [0.3, 0.4) is 0 Å². The van der Waals surface area contributed by atoms with Crippen LogP contribution in [0.15, 0.2) is 36.8 Å². The van der Waals surface area contributed by atoms with Gasteiger partial charge in [0.2, 0.25) is 0 Å². The van der Waals surface area contributed by atoms with Crippen LogP contribution in [0.5, 0.6) is 0 Å². The molecule has 0 saturated carbocycles. The molecular weight excluding hydrogens is 350 g/mol. The van der Waals surface area contributed by atoms with Crippen molar-refractivity contribution in [3.63, 3.8) is 0 Å². The van der Waals surface area contributed by atoms with Gasteiger partial charge in [0.1, 0.15) is 12.1 Å². The van der Waals surface area contributed by atoms with E-state index >= 15 is 0 Å². The van der Waals surface area contributed by atoms with Gasteiger partial charge in [0.25, 0.3) is 0 Å². The number of nitrogens with zero attached hydrogens (tertiary/aromatic N) is 6. The second-order valence-corrected chi connectivity index (χ2v) is 6.57. The number of benzene rings is 1. The lowest BCUT2D eigenvalue weighted by Crippen LogP contribution is -2.46. The number of fused-ring (bicyclic) bond motifs is 1. The van der Waals surface area contributed by atoms with E-state index in [2.05, 4.69) is 24.9 Å². The Morgan fingerprint density at radius 1 is 1.07 bits per heavy atom. The first-order chi connectivity index (χ1) is 13.1. The van der Waals surface area contributed by atoms with Crippen LogP contribution in [0.2, 0.25) is 0 Å². The Hall–Kier alpha value is -2.87. The van der Waals surface area contributed by atoms with Gasteiger partial charge >= 0.3 is 0 Å². The summed E-state index contributed by atoms with van der Waals surface area (Å²) >= 11 is 0. The van der Waals surface area contributed by atoms with Crippen molar-refractivity contribution in [1.29, 1.82) is 0 Å². The van der Waals surface area contributed by atoms with Gasteiger partial charge in [-0.1, -0.05) is 18.2 Å². The molecule has 0 spiro atoms. The van der Waals surface area contributed by atoms with Crippen LogP contribution >= 0.6 is 0 Å². The molecule has 1 aromatic carbocycles. The standard InChI is InChI=1S/C19H20F2N6/c1-25-18-15(12-24-25)19(23-13-22-18)27-9-7-26(8-10-27)6-2-3-14-4-5-16(20)17(21)11-14/h2-5,11-13H,6-10H2,1H3/b3-2+. The Labute approximate surface area is 155 Å². The van der Waals surface area contributed by atoms with Crippen LogP contribution in [0.1, 0.15) is 5.56 Å². The topological polar surface area (TPSA) is 50.1 Å². The molecular formula is C19H20F2N6. The fourth-order valence-electron chi connectivity index (χ4n) is 3.30. The van der Waals surface area contributed by atoms with Crippen LogP contribution in [0.25, 0.3) is 17.1 Å². The van der Waals surface area contributed by atoms with Crippen molar-refractivity contribution in [2.45, 2.75) is 0 Å². The zero-order valence-corrected chi connectivity index (χ0v) is 15.0. The third-order valence-electron chi connectivity index (χ3n) is 4.80. The Kier molecular flexibility index (Phi) is 4.81. The van der Waals surface area contributed by atoms with Crippen LogP contribution < -0.4 is 4.90 Å². The molecule has 1 fully saturated rings. The minimum absolute atomic E-state index is 0.660. The zero-order valence-electron chi connectivity index (χ0n) is 15.0. The van der Waals surface area contributed by atoms with E-state index in [1.54, 1.807) is 17.1 Å². The van der Waals surface area contributed by atoms with Gasteiger partial charge in [0.05, 0.1) is 11.6 Å². The molecule has 0 N–H and O–H groups in total. The highest BCUT2D eigenvalue weighted by Gasteiger charge is 2.20. The van der Waals surface area contributed by atoms with Gasteiger partial charge in [-0.25, -0.2) is 18.7 Å². The predicted octanol–water partition coefficient (Wildman–Crippen LogP) is 2.48. The van der Waals surface area contributed by atoms with E-state index in [1.165, 1.54) is 6.07 Å². The number of rotatable bonds is 4. The van der Waals surface area contributed by atoms with E-state index in [-0.39, 0.29) is 0 Å². The molecule has 27 heavy (non-hydrogen) atoms. The lowest BCUT2D eigenvalue weighted by Gasteiger charge is -2.35. The van der Waals surface area contributed by atoms with Gasteiger partial charge in [-0.05, 0) is 17.7 Å². The molecule has 140 valence electrons. The van der Waals surface area contributed by atoms with Gasteiger partial charge in [-0.3, -0.25) is 9.58 Å². The Morgan fingerprint density at radius 2 is 1.89 bits per heavy atom. The van der Waals surface area contributed by atoms with Crippen LogP contribution in [-0.4, -0.2) is 57.4 Å². The zero-order chi connectivity index (χ0) is 18.8. The molecule has 3 heterocycles. The van der Waals surface area contributed by atoms with E-state index in [0.29, 0.717) is 5.56 Å². The molecule has 0 bridgehead atoms. The van der Waals surface area contributed by atoms with Gasteiger partial charge in [0.15, 0.2) is 17.3 Å². The van der Waals surface area contributed by atoms with Gasteiger partial charge < -0.3 is 4.90 Å². The Morgan fingerprint density at radius 3 is 2.67 bits per heavy atom. The highest BCUT2D eigenvalue weighted by Crippen LogP contribution is 2.23. The van der Waals surface area contributed by atoms with Crippen molar-refractivity contribution < 1.29 is 8.78 Å². The molecule has 0 unspecified atom stereocenters. The summed E-state index contributed by atoms with van der Waals surface area (Å²) in [5.41, 5.74) is 1.49. The fourth-order valence-corrected chi connectivity index (χ4v) is 3.30. The van der Waals surface area contributed by atoms with Crippen molar-refractivity contribution in [2.24, 2.45) is 7.05 Å². The summed E-state index contributed by atoms with van der Waals surface area (Å²) < 4.78 is 27.9. The first-order valence-corrected chi connectivity index (χ1v) is 8.83. The van der Waals surface area contributed by atoms with E-state index in [9.17, 15) is 8.78 Å². The lowest BCUT2D eigenvalue weighted by molar-refractivity contribution is 0.284. The molecule has 0 radical (unpaired) electrons. The number of hydrogen-bond donors (Lipinski definition) is 0. The molecule has 1 saturated heterocycles. The first kappa shape index (κ1) is 17.5. The molecule has 2 aromatic heterocycles. The quantitative estimate of drug-likeness (QED) is 0.706. The normalized spacial score (nSPS) is 15.9. The summed E-state index contributed by atoms with van der Waals surface area (Å²) in [4.78, 5) is 13.3. The highest BCUT2D eigenvalue weighted by molar-refractivity contribution is 5.86. The summed E-state index contributed by atoms with van der Waals surface area (Å²) in [6.45, 7) is 4.28. The minimum Gasteiger partial charge on any atom is -0.353 e. The van der Waals surface area contributed by atoms with Crippen LogP contribution in [0.4, 0.5) is 14.6 Å².